The molecule has 2 aromatic carbocycles. The van der Waals surface area contributed by atoms with Crippen LogP contribution < -0.4 is 10.6 Å². The van der Waals surface area contributed by atoms with E-state index in [1.807, 2.05) is 25.1 Å². The molecule has 0 aliphatic rings. The number of nitrogens with zero attached hydrogens (tertiary/aromatic N) is 2. The molecule has 0 bridgehead atoms. The Bertz CT molecular complexity index is 1010. The maximum Gasteiger partial charge on any atom is 0.337 e. The smallest absolute Gasteiger partial charge is 0.337 e. The number of hydrogen-bond acceptors (Lipinski definition) is 5. The summed E-state index contributed by atoms with van der Waals surface area (Å²) in [4.78, 5) is 20.4. The summed E-state index contributed by atoms with van der Waals surface area (Å²) in [5.74, 6) is -0.0183. The molecule has 3 N–H and O–H groups in total. The second kappa shape index (κ2) is 7.68. The molecule has 1 heterocycles. The highest BCUT2D eigenvalue weighted by molar-refractivity contribution is 5.95. The molecule has 0 saturated carbocycles. The first-order valence-corrected chi connectivity index (χ1v) is 9.05. The first kappa shape index (κ1) is 19.4. The Kier molecular flexibility index (Phi) is 5.31. The third-order valence-corrected chi connectivity index (χ3v) is 4.26. The van der Waals surface area contributed by atoms with E-state index in [0.717, 1.165) is 16.9 Å². The molecule has 1 aromatic heterocycles. The maximum absolute atomic E-state index is 11.4. The fourth-order valence-corrected chi connectivity index (χ4v) is 2.97. The van der Waals surface area contributed by atoms with Crippen molar-refractivity contribution in [2.24, 2.45) is 0 Å². The second-order valence-electron chi connectivity index (χ2n) is 7.61. The van der Waals surface area contributed by atoms with Crippen molar-refractivity contribution in [3.63, 3.8) is 0 Å². The molecule has 0 spiro atoms. The Labute approximate surface area is 164 Å². The average molecular weight is 376 g/mol. The Balaban J connectivity index is 1.93. The largest absolute Gasteiger partial charge is 0.478 e. The van der Waals surface area contributed by atoms with E-state index in [4.69, 9.17) is 0 Å². The van der Waals surface area contributed by atoms with Gasteiger partial charge in [0.15, 0.2) is 0 Å². The molecule has 0 saturated heterocycles. The van der Waals surface area contributed by atoms with Crippen LogP contribution in [-0.4, -0.2) is 21.0 Å². The normalized spacial score (nSPS) is 11.1. The highest BCUT2D eigenvalue weighted by atomic mass is 16.4. The molecule has 0 fully saturated rings. The van der Waals surface area contributed by atoms with Crippen molar-refractivity contribution in [3.05, 3.63) is 71.4 Å². The third-order valence-electron chi connectivity index (χ3n) is 4.26. The number of aryl methyl sites for hydroxylation is 1. The van der Waals surface area contributed by atoms with Gasteiger partial charge in [-0.1, -0.05) is 51.1 Å². The predicted molar refractivity (Wildman–Crippen MR) is 112 cm³/mol. The van der Waals surface area contributed by atoms with Gasteiger partial charge < -0.3 is 15.7 Å². The fourth-order valence-electron chi connectivity index (χ4n) is 2.97. The van der Waals surface area contributed by atoms with Crippen molar-refractivity contribution in [1.82, 2.24) is 9.97 Å². The summed E-state index contributed by atoms with van der Waals surface area (Å²) in [7, 11) is 0. The van der Waals surface area contributed by atoms with E-state index in [9.17, 15) is 9.90 Å². The van der Waals surface area contributed by atoms with Crippen LogP contribution in [0.3, 0.4) is 0 Å². The summed E-state index contributed by atoms with van der Waals surface area (Å²) in [6, 6.07) is 16.6. The quantitative estimate of drug-likeness (QED) is 0.562. The third kappa shape index (κ3) is 4.46. The van der Waals surface area contributed by atoms with Gasteiger partial charge in [-0.15, -0.1) is 0 Å². The predicted octanol–water partition coefficient (Wildman–Crippen LogP) is 5.27. The summed E-state index contributed by atoms with van der Waals surface area (Å²) >= 11 is 0. The molecule has 6 nitrogen and oxygen atoms in total. The van der Waals surface area contributed by atoms with E-state index >= 15 is 0 Å². The van der Waals surface area contributed by atoms with E-state index in [0.29, 0.717) is 17.5 Å². The van der Waals surface area contributed by atoms with Crippen LogP contribution in [0.4, 0.5) is 23.1 Å². The van der Waals surface area contributed by atoms with Gasteiger partial charge in [-0.25, -0.2) is 9.78 Å². The van der Waals surface area contributed by atoms with Gasteiger partial charge in [0.1, 0.15) is 5.82 Å². The topological polar surface area (TPSA) is 87.1 Å². The van der Waals surface area contributed by atoms with Crippen molar-refractivity contribution in [2.75, 3.05) is 10.6 Å². The molecule has 0 aliphatic heterocycles. The van der Waals surface area contributed by atoms with Crippen LogP contribution in [0.1, 0.15) is 42.4 Å². The monoisotopic (exact) mass is 376 g/mol. The summed E-state index contributed by atoms with van der Waals surface area (Å²) in [5.41, 5.74) is 3.50. The van der Waals surface area contributed by atoms with Crippen LogP contribution in [0.5, 0.6) is 0 Å². The molecule has 0 unspecified atom stereocenters. The van der Waals surface area contributed by atoms with E-state index in [1.54, 1.807) is 30.3 Å². The molecule has 144 valence electrons. The van der Waals surface area contributed by atoms with Crippen LogP contribution >= 0.6 is 0 Å². The number of carboxylic acids is 1. The van der Waals surface area contributed by atoms with Crippen molar-refractivity contribution in [1.29, 1.82) is 0 Å². The van der Waals surface area contributed by atoms with Crippen molar-refractivity contribution < 1.29 is 9.90 Å². The zero-order valence-corrected chi connectivity index (χ0v) is 16.4. The zero-order valence-electron chi connectivity index (χ0n) is 16.4. The molecule has 28 heavy (non-hydrogen) atoms. The number of anilines is 4. The lowest BCUT2D eigenvalue weighted by atomic mass is 9.86. The standard InChI is InChI=1S/C22H24N4O2/c1-14-13-19(24-17-11-7-5-9-15(17)20(27)28)26-21(23-14)25-18-12-8-6-10-16(18)22(2,3)4/h5-13H,1-4H3,(H,27,28)(H2,23,24,25,26). The van der Waals surface area contributed by atoms with Gasteiger partial charge in [0.2, 0.25) is 5.95 Å². The van der Waals surface area contributed by atoms with Crippen LogP contribution in [0, 0.1) is 6.92 Å². The number of aromatic carboxylic acids is 1. The second-order valence-corrected chi connectivity index (χ2v) is 7.61. The molecular weight excluding hydrogens is 352 g/mol. The molecule has 3 aromatic rings. The summed E-state index contributed by atoms with van der Waals surface area (Å²) in [5, 5.41) is 15.8. The van der Waals surface area contributed by atoms with E-state index in [-0.39, 0.29) is 11.0 Å². The zero-order chi connectivity index (χ0) is 20.3. The minimum atomic E-state index is -0.994. The molecule has 0 atom stereocenters. The van der Waals surface area contributed by atoms with Gasteiger partial charge in [0.25, 0.3) is 0 Å². The first-order chi connectivity index (χ1) is 13.2. The van der Waals surface area contributed by atoms with Gasteiger partial charge in [-0.2, -0.15) is 4.98 Å². The lowest BCUT2D eigenvalue weighted by Gasteiger charge is -2.23. The highest BCUT2D eigenvalue weighted by Crippen LogP contribution is 2.31. The molecule has 0 radical (unpaired) electrons. The molecule has 0 amide bonds. The highest BCUT2D eigenvalue weighted by Gasteiger charge is 2.18. The van der Waals surface area contributed by atoms with Gasteiger partial charge in [0.05, 0.1) is 11.3 Å². The average Bonchev–Trinajstić information content (AvgIpc) is 2.61. The van der Waals surface area contributed by atoms with Gasteiger partial charge in [-0.3, -0.25) is 0 Å². The van der Waals surface area contributed by atoms with E-state index in [2.05, 4.69) is 47.4 Å². The van der Waals surface area contributed by atoms with E-state index < -0.39 is 5.97 Å². The Morgan fingerprint density at radius 3 is 2.25 bits per heavy atom. The number of nitrogens with one attached hydrogen (secondary N) is 2. The van der Waals surface area contributed by atoms with Crippen molar-refractivity contribution in [2.45, 2.75) is 33.1 Å². The number of rotatable bonds is 5. The number of carboxylic acid groups (broad SMARTS) is 1. The van der Waals surface area contributed by atoms with Gasteiger partial charge in [0, 0.05) is 17.4 Å². The molecular formula is C22H24N4O2. The maximum atomic E-state index is 11.4. The molecule has 6 heteroatoms. The number of hydrogen-bond donors (Lipinski definition) is 3. The summed E-state index contributed by atoms with van der Waals surface area (Å²) in [6.07, 6.45) is 0. The minimum absolute atomic E-state index is 0.0328. The van der Waals surface area contributed by atoms with Gasteiger partial charge in [-0.05, 0) is 36.1 Å². The SMILES string of the molecule is Cc1cc(Nc2ccccc2C(=O)O)nc(Nc2ccccc2C(C)(C)C)n1. The fraction of sp³-hybridized carbons (Fsp3) is 0.227. The van der Waals surface area contributed by atoms with Crippen LogP contribution in [0.15, 0.2) is 54.6 Å². The lowest BCUT2D eigenvalue weighted by Crippen LogP contribution is -2.14. The number of benzene rings is 2. The summed E-state index contributed by atoms with van der Waals surface area (Å²) < 4.78 is 0. The lowest BCUT2D eigenvalue weighted by molar-refractivity contribution is 0.0698. The van der Waals surface area contributed by atoms with Crippen molar-refractivity contribution in [3.8, 4) is 0 Å². The number of para-hydroxylation sites is 2. The van der Waals surface area contributed by atoms with Crippen molar-refractivity contribution >= 4 is 29.1 Å². The molecule has 3 rings (SSSR count). The van der Waals surface area contributed by atoms with Gasteiger partial charge >= 0.3 is 5.97 Å². The first-order valence-electron chi connectivity index (χ1n) is 9.05. The number of carbonyl (C=O) groups is 1. The van der Waals surface area contributed by atoms with Crippen LogP contribution in [0.25, 0.3) is 0 Å². The Morgan fingerprint density at radius 2 is 1.57 bits per heavy atom. The Hall–Kier alpha value is -3.41. The van der Waals surface area contributed by atoms with E-state index in [1.165, 1.54) is 0 Å². The van der Waals surface area contributed by atoms with Crippen LogP contribution in [0.2, 0.25) is 0 Å². The number of aromatic nitrogens is 2. The van der Waals surface area contributed by atoms with Crippen LogP contribution in [-0.2, 0) is 5.41 Å². The molecule has 0 aliphatic carbocycles. The minimum Gasteiger partial charge on any atom is -0.478 e. The summed E-state index contributed by atoms with van der Waals surface area (Å²) in [6.45, 7) is 8.33. The Morgan fingerprint density at radius 1 is 0.929 bits per heavy atom.